The van der Waals surface area contributed by atoms with Gasteiger partial charge in [-0.3, -0.25) is 4.79 Å². The van der Waals surface area contributed by atoms with Gasteiger partial charge in [0.05, 0.1) is 28.3 Å². The van der Waals surface area contributed by atoms with Crippen LogP contribution in [0.4, 0.5) is 0 Å². The first-order chi connectivity index (χ1) is 7.22. The number of halogens is 1. The molecule has 1 aliphatic rings. The molecule has 2 rings (SSSR count). The molecular formula is C10H12ClNO2S. The monoisotopic (exact) mass is 245 g/mol. The van der Waals surface area contributed by atoms with Crippen LogP contribution in [-0.2, 0) is 4.74 Å². The van der Waals surface area contributed by atoms with Crippen LogP contribution in [0.2, 0.25) is 4.34 Å². The second-order valence-corrected chi connectivity index (χ2v) is 5.22. The van der Waals surface area contributed by atoms with Crippen LogP contribution in [0.3, 0.4) is 0 Å². The van der Waals surface area contributed by atoms with Gasteiger partial charge < -0.3 is 10.1 Å². The van der Waals surface area contributed by atoms with E-state index in [1.54, 1.807) is 12.1 Å². The van der Waals surface area contributed by atoms with E-state index >= 15 is 0 Å². The van der Waals surface area contributed by atoms with Gasteiger partial charge in [0, 0.05) is 6.04 Å². The van der Waals surface area contributed by atoms with Crippen LogP contribution in [0.15, 0.2) is 12.1 Å². The molecule has 2 heterocycles. The summed E-state index contributed by atoms with van der Waals surface area (Å²) in [5.41, 5.74) is 0. The van der Waals surface area contributed by atoms with Gasteiger partial charge in [-0.15, -0.1) is 11.3 Å². The van der Waals surface area contributed by atoms with Crippen molar-refractivity contribution in [3.8, 4) is 0 Å². The number of hydrogen-bond donors (Lipinski definition) is 1. The molecule has 0 bridgehead atoms. The van der Waals surface area contributed by atoms with Crippen LogP contribution in [0, 0.1) is 5.92 Å². The largest absolute Gasteiger partial charge is 0.379 e. The van der Waals surface area contributed by atoms with E-state index in [0.29, 0.717) is 17.6 Å². The third kappa shape index (κ3) is 2.23. The maximum atomic E-state index is 12.1. The predicted molar refractivity (Wildman–Crippen MR) is 60.8 cm³/mol. The van der Waals surface area contributed by atoms with Crippen molar-refractivity contribution in [2.45, 2.75) is 6.04 Å². The molecule has 0 spiro atoms. The lowest BCUT2D eigenvalue weighted by molar-refractivity contribution is 0.0896. The molecule has 15 heavy (non-hydrogen) atoms. The minimum Gasteiger partial charge on any atom is -0.379 e. The molecule has 1 aromatic rings. The van der Waals surface area contributed by atoms with Crippen molar-refractivity contribution in [1.82, 2.24) is 5.32 Å². The smallest absolute Gasteiger partial charge is 0.179 e. The first-order valence-electron chi connectivity index (χ1n) is 4.77. The Hall–Kier alpha value is -0.420. The summed E-state index contributed by atoms with van der Waals surface area (Å²) in [6.07, 6.45) is 0. The van der Waals surface area contributed by atoms with Gasteiger partial charge in [0.2, 0.25) is 0 Å². The van der Waals surface area contributed by atoms with Gasteiger partial charge in [-0.05, 0) is 19.2 Å². The van der Waals surface area contributed by atoms with Gasteiger partial charge in [0.1, 0.15) is 0 Å². The molecule has 0 aromatic carbocycles. The molecule has 0 amide bonds. The highest BCUT2D eigenvalue weighted by molar-refractivity contribution is 7.18. The molecule has 5 heteroatoms. The molecule has 0 radical (unpaired) electrons. The number of likely N-dealkylation sites (N-methyl/N-ethyl adjacent to an activating group) is 1. The first kappa shape index (κ1) is 11.1. The fourth-order valence-corrected chi connectivity index (χ4v) is 2.77. The highest BCUT2D eigenvalue weighted by atomic mass is 35.5. The zero-order valence-corrected chi connectivity index (χ0v) is 9.90. The van der Waals surface area contributed by atoms with E-state index in [9.17, 15) is 4.79 Å². The summed E-state index contributed by atoms with van der Waals surface area (Å²) in [5.74, 6) is 0.0495. The normalized spacial score (nSPS) is 25.7. The number of rotatable bonds is 3. The SMILES string of the molecule is CNC1COCC1C(=O)c1ccc(Cl)s1. The predicted octanol–water partition coefficient (Wildman–Crippen LogP) is 1.82. The zero-order valence-electron chi connectivity index (χ0n) is 8.33. The summed E-state index contributed by atoms with van der Waals surface area (Å²) in [6, 6.07) is 3.66. The third-order valence-electron chi connectivity index (χ3n) is 2.60. The van der Waals surface area contributed by atoms with E-state index in [0.717, 1.165) is 4.88 Å². The van der Waals surface area contributed by atoms with Crippen molar-refractivity contribution in [1.29, 1.82) is 0 Å². The number of ketones is 1. The summed E-state index contributed by atoms with van der Waals surface area (Å²) in [4.78, 5) is 12.8. The third-order valence-corrected chi connectivity index (χ3v) is 3.85. The number of carbonyl (C=O) groups is 1. The summed E-state index contributed by atoms with van der Waals surface area (Å²) in [5, 5.41) is 3.10. The molecule has 82 valence electrons. The molecule has 1 saturated heterocycles. The Bertz CT molecular complexity index is 366. The Morgan fingerprint density at radius 2 is 2.40 bits per heavy atom. The lowest BCUT2D eigenvalue weighted by Gasteiger charge is -2.14. The molecule has 2 unspecified atom stereocenters. The van der Waals surface area contributed by atoms with Crippen LogP contribution in [0.1, 0.15) is 9.67 Å². The Morgan fingerprint density at radius 3 is 3.00 bits per heavy atom. The maximum Gasteiger partial charge on any atom is 0.179 e. The number of Topliss-reactive ketones (excluding diaryl/α,β-unsaturated/α-hetero) is 1. The lowest BCUT2D eigenvalue weighted by atomic mass is 9.98. The fourth-order valence-electron chi connectivity index (χ4n) is 1.73. The number of ether oxygens (including phenoxy) is 1. The molecule has 1 fully saturated rings. The van der Waals surface area contributed by atoms with Crippen molar-refractivity contribution in [2.75, 3.05) is 20.3 Å². The number of hydrogen-bond acceptors (Lipinski definition) is 4. The fraction of sp³-hybridized carbons (Fsp3) is 0.500. The topological polar surface area (TPSA) is 38.3 Å². The summed E-state index contributed by atoms with van der Waals surface area (Å²) in [7, 11) is 1.85. The Balaban J connectivity index is 2.13. The molecule has 1 aromatic heterocycles. The second kappa shape index (κ2) is 4.61. The van der Waals surface area contributed by atoms with Crippen LogP contribution < -0.4 is 5.32 Å². The van der Waals surface area contributed by atoms with Gasteiger partial charge in [0.15, 0.2) is 5.78 Å². The average molecular weight is 246 g/mol. The minimum absolute atomic E-state index is 0.0790. The van der Waals surface area contributed by atoms with Gasteiger partial charge in [-0.25, -0.2) is 0 Å². The van der Waals surface area contributed by atoms with Crippen molar-refractivity contribution in [2.24, 2.45) is 5.92 Å². The van der Waals surface area contributed by atoms with Crippen LogP contribution in [0.25, 0.3) is 0 Å². The van der Waals surface area contributed by atoms with E-state index in [4.69, 9.17) is 16.3 Å². The highest BCUT2D eigenvalue weighted by Crippen LogP contribution is 2.26. The zero-order chi connectivity index (χ0) is 10.8. The summed E-state index contributed by atoms with van der Waals surface area (Å²) in [6.45, 7) is 1.10. The first-order valence-corrected chi connectivity index (χ1v) is 5.96. The maximum absolute atomic E-state index is 12.1. The molecule has 1 aliphatic heterocycles. The van der Waals surface area contributed by atoms with E-state index < -0.39 is 0 Å². The van der Waals surface area contributed by atoms with Crippen molar-refractivity contribution in [3.63, 3.8) is 0 Å². The Labute approximate surface area is 97.4 Å². The number of carbonyl (C=O) groups excluding carboxylic acids is 1. The average Bonchev–Trinajstić information content (AvgIpc) is 2.84. The Kier molecular flexibility index (Phi) is 3.41. The lowest BCUT2D eigenvalue weighted by Crippen LogP contribution is -2.36. The number of nitrogens with one attached hydrogen (secondary N) is 1. The van der Waals surface area contributed by atoms with E-state index in [2.05, 4.69) is 5.32 Å². The van der Waals surface area contributed by atoms with Crippen LogP contribution in [-0.4, -0.2) is 32.1 Å². The van der Waals surface area contributed by atoms with Gasteiger partial charge >= 0.3 is 0 Å². The van der Waals surface area contributed by atoms with Gasteiger partial charge in [-0.2, -0.15) is 0 Å². The van der Waals surface area contributed by atoms with Crippen LogP contribution >= 0.6 is 22.9 Å². The van der Waals surface area contributed by atoms with Crippen LogP contribution in [0.5, 0.6) is 0 Å². The molecule has 2 atom stereocenters. The highest BCUT2D eigenvalue weighted by Gasteiger charge is 2.33. The quantitative estimate of drug-likeness (QED) is 0.826. The summed E-state index contributed by atoms with van der Waals surface area (Å²) < 4.78 is 5.95. The standard InChI is InChI=1S/C10H12ClNO2S/c1-12-7-5-14-4-6(7)10(13)8-2-3-9(11)15-8/h2-3,6-7,12H,4-5H2,1H3. The van der Waals surface area contributed by atoms with Gasteiger partial charge in [-0.1, -0.05) is 11.6 Å². The molecule has 0 aliphatic carbocycles. The molecular weight excluding hydrogens is 234 g/mol. The second-order valence-electron chi connectivity index (χ2n) is 3.51. The molecule has 0 saturated carbocycles. The van der Waals surface area contributed by atoms with Crippen molar-refractivity contribution in [3.05, 3.63) is 21.3 Å². The molecule has 3 nitrogen and oxygen atoms in total. The van der Waals surface area contributed by atoms with Crippen molar-refractivity contribution < 1.29 is 9.53 Å². The number of thiophene rings is 1. The molecule has 1 N–H and O–H groups in total. The van der Waals surface area contributed by atoms with Gasteiger partial charge in [0.25, 0.3) is 0 Å². The van der Waals surface area contributed by atoms with E-state index in [-0.39, 0.29) is 17.7 Å². The minimum atomic E-state index is -0.0790. The van der Waals surface area contributed by atoms with E-state index in [1.165, 1.54) is 11.3 Å². The summed E-state index contributed by atoms with van der Waals surface area (Å²) >= 11 is 7.13. The van der Waals surface area contributed by atoms with Crippen molar-refractivity contribution >= 4 is 28.7 Å². The van der Waals surface area contributed by atoms with E-state index in [1.807, 2.05) is 7.05 Å². The Morgan fingerprint density at radius 1 is 1.60 bits per heavy atom.